The second kappa shape index (κ2) is 4.04. The lowest BCUT2D eigenvalue weighted by atomic mass is 10.1. The Morgan fingerprint density at radius 2 is 2.07 bits per heavy atom. The molecule has 1 saturated heterocycles. The lowest BCUT2D eigenvalue weighted by Gasteiger charge is -2.29. The number of hydrogen-bond donors (Lipinski definition) is 1. The van der Waals surface area contributed by atoms with Gasteiger partial charge in [-0.25, -0.2) is 9.40 Å². The van der Waals surface area contributed by atoms with Crippen LogP contribution in [0.4, 0.5) is 4.39 Å². The first kappa shape index (κ1) is 9.58. The molecule has 2 N–H and O–H groups in total. The lowest BCUT2D eigenvalue weighted by molar-refractivity contribution is -0.0304. The Bertz CT molecular complexity index is 301. The fourth-order valence-corrected chi connectivity index (χ4v) is 1.55. The summed E-state index contributed by atoms with van der Waals surface area (Å²) in [5, 5.41) is 1.72. The van der Waals surface area contributed by atoms with Crippen LogP contribution in [0.25, 0.3) is 0 Å². The lowest BCUT2D eigenvalue weighted by Crippen LogP contribution is -2.42. The van der Waals surface area contributed by atoms with E-state index in [0.717, 1.165) is 12.1 Å². The highest BCUT2D eigenvalue weighted by atomic mass is 19.1. The third-order valence-electron chi connectivity index (χ3n) is 2.34. The van der Waals surface area contributed by atoms with Gasteiger partial charge in [0.15, 0.2) is 0 Å². The number of morpholine rings is 1. The first-order valence-electron chi connectivity index (χ1n) is 4.62. The molecule has 76 valence electrons. The second-order valence-electron chi connectivity index (χ2n) is 3.41. The molecule has 1 unspecified atom stereocenters. The maximum absolute atomic E-state index is 12.7. The van der Waals surface area contributed by atoms with Gasteiger partial charge in [0.2, 0.25) is 0 Å². The number of hydrogen-bond acceptors (Lipinski definition) is 3. The number of hydrazine groups is 1. The molecule has 1 aromatic carbocycles. The summed E-state index contributed by atoms with van der Waals surface area (Å²) in [5.41, 5.74) is 0.974. The van der Waals surface area contributed by atoms with Crippen molar-refractivity contribution in [1.82, 2.24) is 5.01 Å². The molecular formula is C10H13FN2O. The molecule has 1 aromatic rings. The third kappa shape index (κ3) is 2.09. The van der Waals surface area contributed by atoms with Crippen molar-refractivity contribution in [2.75, 3.05) is 19.7 Å². The Balaban J connectivity index is 2.10. The number of nitrogens with zero attached hydrogens (tertiary/aromatic N) is 1. The smallest absolute Gasteiger partial charge is 0.123 e. The fourth-order valence-electron chi connectivity index (χ4n) is 1.55. The van der Waals surface area contributed by atoms with Gasteiger partial charge in [-0.2, -0.15) is 0 Å². The molecule has 0 spiro atoms. The molecule has 1 fully saturated rings. The number of nitrogens with two attached hydrogens (primary N) is 1. The normalized spacial score (nSPS) is 23.7. The highest BCUT2D eigenvalue weighted by molar-refractivity contribution is 5.19. The summed E-state index contributed by atoms with van der Waals surface area (Å²) in [6.45, 7) is 2.03. The number of ether oxygens (including phenoxy) is 1. The minimum Gasteiger partial charge on any atom is -0.371 e. The standard InChI is InChI=1S/C10H13FN2O/c11-9-3-1-8(2-4-9)10-7-13(12)5-6-14-10/h1-4,10H,5-7,12H2. The first-order chi connectivity index (χ1) is 6.75. The predicted molar refractivity (Wildman–Crippen MR) is 50.9 cm³/mol. The van der Waals surface area contributed by atoms with Gasteiger partial charge in [0.1, 0.15) is 5.82 Å². The number of halogens is 1. The Kier molecular flexibility index (Phi) is 2.77. The van der Waals surface area contributed by atoms with E-state index in [9.17, 15) is 4.39 Å². The monoisotopic (exact) mass is 196 g/mol. The molecule has 1 aliphatic heterocycles. The zero-order chi connectivity index (χ0) is 9.97. The summed E-state index contributed by atoms with van der Waals surface area (Å²) in [6.07, 6.45) is -0.0330. The van der Waals surface area contributed by atoms with Crippen LogP contribution in [0, 0.1) is 5.82 Å². The van der Waals surface area contributed by atoms with Gasteiger partial charge in [-0.05, 0) is 17.7 Å². The van der Waals surface area contributed by atoms with Crippen LogP contribution >= 0.6 is 0 Å². The average Bonchev–Trinajstić information content (AvgIpc) is 2.19. The maximum atomic E-state index is 12.7. The summed E-state index contributed by atoms with van der Waals surface area (Å²) < 4.78 is 18.2. The zero-order valence-corrected chi connectivity index (χ0v) is 7.82. The van der Waals surface area contributed by atoms with Gasteiger partial charge < -0.3 is 4.74 Å². The van der Waals surface area contributed by atoms with Crippen LogP contribution in [0.2, 0.25) is 0 Å². The van der Waals surface area contributed by atoms with E-state index in [-0.39, 0.29) is 11.9 Å². The van der Waals surface area contributed by atoms with E-state index in [1.807, 2.05) is 0 Å². The predicted octanol–water partition coefficient (Wildman–Crippen LogP) is 1.07. The van der Waals surface area contributed by atoms with E-state index in [2.05, 4.69) is 0 Å². The molecule has 0 aromatic heterocycles. The van der Waals surface area contributed by atoms with E-state index in [1.54, 1.807) is 17.1 Å². The summed E-state index contributed by atoms with van der Waals surface area (Å²) in [7, 11) is 0. The number of benzene rings is 1. The zero-order valence-electron chi connectivity index (χ0n) is 7.82. The minimum absolute atomic E-state index is 0.0330. The first-order valence-corrected chi connectivity index (χ1v) is 4.62. The van der Waals surface area contributed by atoms with E-state index >= 15 is 0 Å². The highest BCUT2D eigenvalue weighted by Gasteiger charge is 2.19. The van der Waals surface area contributed by atoms with E-state index in [1.165, 1.54) is 12.1 Å². The largest absolute Gasteiger partial charge is 0.371 e. The summed E-state index contributed by atoms with van der Waals surface area (Å²) in [4.78, 5) is 0. The molecule has 2 rings (SSSR count). The minimum atomic E-state index is -0.228. The molecule has 4 heteroatoms. The molecule has 1 atom stereocenters. The molecule has 0 amide bonds. The van der Waals surface area contributed by atoms with Crippen molar-refractivity contribution in [2.24, 2.45) is 5.84 Å². The van der Waals surface area contributed by atoms with Gasteiger partial charge in [0.25, 0.3) is 0 Å². The van der Waals surface area contributed by atoms with Crippen molar-refractivity contribution in [3.8, 4) is 0 Å². The van der Waals surface area contributed by atoms with Crippen molar-refractivity contribution < 1.29 is 9.13 Å². The van der Waals surface area contributed by atoms with Gasteiger partial charge in [-0.15, -0.1) is 0 Å². The van der Waals surface area contributed by atoms with Crippen molar-refractivity contribution >= 4 is 0 Å². The fraction of sp³-hybridized carbons (Fsp3) is 0.400. The SMILES string of the molecule is NN1CCOC(c2ccc(F)cc2)C1. The van der Waals surface area contributed by atoms with Crippen molar-refractivity contribution in [2.45, 2.75) is 6.10 Å². The van der Waals surface area contributed by atoms with Crippen LogP contribution in [0.5, 0.6) is 0 Å². The van der Waals surface area contributed by atoms with Crippen molar-refractivity contribution in [3.05, 3.63) is 35.6 Å². The van der Waals surface area contributed by atoms with E-state index in [0.29, 0.717) is 13.2 Å². The van der Waals surface area contributed by atoms with E-state index < -0.39 is 0 Å². The van der Waals surface area contributed by atoms with E-state index in [4.69, 9.17) is 10.6 Å². The molecule has 1 aliphatic rings. The third-order valence-corrected chi connectivity index (χ3v) is 2.34. The van der Waals surface area contributed by atoms with Crippen LogP contribution in [0.1, 0.15) is 11.7 Å². The average molecular weight is 196 g/mol. The molecule has 14 heavy (non-hydrogen) atoms. The van der Waals surface area contributed by atoms with Crippen LogP contribution in [0.3, 0.4) is 0 Å². The molecule has 0 saturated carbocycles. The Morgan fingerprint density at radius 3 is 2.71 bits per heavy atom. The highest BCUT2D eigenvalue weighted by Crippen LogP contribution is 2.20. The van der Waals surface area contributed by atoms with Gasteiger partial charge in [-0.1, -0.05) is 12.1 Å². The van der Waals surface area contributed by atoms with Crippen LogP contribution < -0.4 is 5.84 Å². The molecule has 0 radical (unpaired) electrons. The molecule has 3 nitrogen and oxygen atoms in total. The molecule has 0 bridgehead atoms. The molecule has 0 aliphatic carbocycles. The quantitative estimate of drug-likeness (QED) is 0.683. The van der Waals surface area contributed by atoms with Crippen LogP contribution in [-0.2, 0) is 4.74 Å². The van der Waals surface area contributed by atoms with Crippen molar-refractivity contribution in [1.29, 1.82) is 0 Å². The number of rotatable bonds is 1. The Hall–Kier alpha value is -0.970. The second-order valence-corrected chi connectivity index (χ2v) is 3.41. The van der Waals surface area contributed by atoms with Crippen LogP contribution in [-0.4, -0.2) is 24.7 Å². The summed E-state index contributed by atoms with van der Waals surface area (Å²) in [6, 6.07) is 6.35. The summed E-state index contributed by atoms with van der Waals surface area (Å²) >= 11 is 0. The maximum Gasteiger partial charge on any atom is 0.123 e. The van der Waals surface area contributed by atoms with Gasteiger partial charge in [0, 0.05) is 13.1 Å². The Labute approximate surface area is 82.2 Å². The van der Waals surface area contributed by atoms with Gasteiger partial charge >= 0.3 is 0 Å². The Morgan fingerprint density at radius 1 is 1.36 bits per heavy atom. The van der Waals surface area contributed by atoms with Gasteiger partial charge in [-0.3, -0.25) is 5.84 Å². The van der Waals surface area contributed by atoms with Gasteiger partial charge in [0.05, 0.1) is 12.7 Å². The molecular weight excluding hydrogens is 183 g/mol. The van der Waals surface area contributed by atoms with Crippen molar-refractivity contribution in [3.63, 3.8) is 0 Å². The topological polar surface area (TPSA) is 38.5 Å². The molecule has 1 heterocycles. The summed E-state index contributed by atoms with van der Waals surface area (Å²) in [5.74, 6) is 5.44. The van der Waals surface area contributed by atoms with Crippen LogP contribution in [0.15, 0.2) is 24.3 Å².